The van der Waals surface area contributed by atoms with Gasteiger partial charge >= 0.3 is 6.01 Å². The van der Waals surface area contributed by atoms with E-state index >= 15 is 0 Å². The number of hydrogen-bond donors (Lipinski definition) is 0. The van der Waals surface area contributed by atoms with Crippen molar-refractivity contribution in [1.82, 2.24) is 9.97 Å². The molecule has 2 rings (SSSR count). The summed E-state index contributed by atoms with van der Waals surface area (Å²) in [7, 11) is 1.46. The van der Waals surface area contributed by atoms with E-state index in [-0.39, 0.29) is 6.01 Å². The minimum atomic E-state index is 0.132. The van der Waals surface area contributed by atoms with Crippen LogP contribution in [0.1, 0.15) is 5.56 Å². The Balaban J connectivity index is 2.34. The highest BCUT2D eigenvalue weighted by molar-refractivity contribution is 6.30. The standard InChI is InChI=1S/C12H8ClN3O2/c1-17-11-8(5-14)3-2-4-10(11)18-12-15-6-9(13)7-16-12/h2-4,6-7H,1H3. The van der Waals surface area contributed by atoms with Crippen LogP contribution in [0.2, 0.25) is 5.02 Å². The van der Waals surface area contributed by atoms with Gasteiger partial charge in [0.1, 0.15) is 6.07 Å². The molecule has 0 spiro atoms. The summed E-state index contributed by atoms with van der Waals surface area (Å²) in [4.78, 5) is 7.80. The minimum Gasteiger partial charge on any atom is -0.492 e. The molecule has 1 aromatic carbocycles. The number of nitrogens with zero attached hydrogens (tertiary/aromatic N) is 3. The van der Waals surface area contributed by atoms with E-state index in [1.165, 1.54) is 19.5 Å². The number of benzene rings is 1. The lowest BCUT2D eigenvalue weighted by Crippen LogP contribution is -1.95. The number of aromatic nitrogens is 2. The van der Waals surface area contributed by atoms with Gasteiger partial charge in [-0.05, 0) is 12.1 Å². The fourth-order valence-electron chi connectivity index (χ4n) is 1.35. The number of rotatable bonds is 3. The Morgan fingerprint density at radius 1 is 1.28 bits per heavy atom. The summed E-state index contributed by atoms with van der Waals surface area (Å²) >= 11 is 5.67. The number of halogens is 1. The van der Waals surface area contributed by atoms with Gasteiger partial charge in [-0.3, -0.25) is 0 Å². The molecule has 0 aliphatic carbocycles. The molecule has 2 aromatic rings. The van der Waals surface area contributed by atoms with Crippen molar-refractivity contribution in [2.75, 3.05) is 7.11 Å². The lowest BCUT2D eigenvalue weighted by atomic mass is 10.2. The molecule has 0 atom stereocenters. The van der Waals surface area contributed by atoms with Crippen LogP contribution < -0.4 is 9.47 Å². The fourth-order valence-corrected chi connectivity index (χ4v) is 1.44. The van der Waals surface area contributed by atoms with Crippen LogP contribution >= 0.6 is 11.6 Å². The summed E-state index contributed by atoms with van der Waals surface area (Å²) < 4.78 is 10.6. The number of nitriles is 1. The SMILES string of the molecule is COc1c(C#N)cccc1Oc1ncc(Cl)cn1. The van der Waals surface area contributed by atoms with Crippen molar-refractivity contribution >= 4 is 11.6 Å². The molecule has 0 fully saturated rings. The summed E-state index contributed by atoms with van der Waals surface area (Å²) in [5, 5.41) is 9.36. The maximum Gasteiger partial charge on any atom is 0.322 e. The van der Waals surface area contributed by atoms with E-state index in [4.69, 9.17) is 26.3 Å². The van der Waals surface area contributed by atoms with Crippen LogP contribution in [0.3, 0.4) is 0 Å². The van der Waals surface area contributed by atoms with Gasteiger partial charge in [0.2, 0.25) is 0 Å². The Kier molecular flexibility index (Phi) is 3.60. The lowest BCUT2D eigenvalue weighted by Gasteiger charge is -2.09. The molecule has 0 unspecified atom stereocenters. The average Bonchev–Trinajstić information content (AvgIpc) is 2.41. The molecule has 0 bridgehead atoms. The van der Waals surface area contributed by atoms with Gasteiger partial charge in [-0.2, -0.15) is 5.26 Å². The van der Waals surface area contributed by atoms with E-state index in [0.29, 0.717) is 22.1 Å². The third-order valence-electron chi connectivity index (χ3n) is 2.10. The summed E-state index contributed by atoms with van der Waals surface area (Å²) in [6.45, 7) is 0. The van der Waals surface area contributed by atoms with E-state index < -0.39 is 0 Å². The molecule has 18 heavy (non-hydrogen) atoms. The van der Waals surface area contributed by atoms with Crippen LogP contribution in [0.5, 0.6) is 17.5 Å². The van der Waals surface area contributed by atoms with Crippen LogP contribution in [-0.4, -0.2) is 17.1 Å². The van der Waals surface area contributed by atoms with Gasteiger partial charge in [0.15, 0.2) is 11.5 Å². The van der Waals surface area contributed by atoms with Crippen LogP contribution in [0.15, 0.2) is 30.6 Å². The van der Waals surface area contributed by atoms with Crippen molar-refractivity contribution in [2.45, 2.75) is 0 Å². The number of hydrogen-bond acceptors (Lipinski definition) is 5. The first-order valence-corrected chi connectivity index (χ1v) is 5.35. The maximum atomic E-state index is 8.94. The second-order valence-corrected chi connectivity index (χ2v) is 3.67. The van der Waals surface area contributed by atoms with Crippen LogP contribution in [-0.2, 0) is 0 Å². The summed E-state index contributed by atoms with van der Waals surface area (Å²) in [5.74, 6) is 0.720. The zero-order valence-electron chi connectivity index (χ0n) is 9.42. The number of methoxy groups -OCH3 is 1. The zero-order valence-corrected chi connectivity index (χ0v) is 10.2. The van der Waals surface area contributed by atoms with Gasteiger partial charge in [0.05, 0.1) is 30.1 Å². The highest BCUT2D eigenvalue weighted by Gasteiger charge is 2.11. The van der Waals surface area contributed by atoms with Crippen LogP contribution in [0, 0.1) is 11.3 Å². The van der Waals surface area contributed by atoms with Gasteiger partial charge in [-0.25, -0.2) is 9.97 Å². The molecule has 0 saturated heterocycles. The molecular weight excluding hydrogens is 254 g/mol. The molecule has 1 heterocycles. The molecule has 6 heteroatoms. The van der Waals surface area contributed by atoms with Crippen molar-refractivity contribution in [3.05, 3.63) is 41.2 Å². The van der Waals surface area contributed by atoms with Gasteiger partial charge in [0, 0.05) is 0 Å². The van der Waals surface area contributed by atoms with Crippen molar-refractivity contribution in [3.63, 3.8) is 0 Å². The molecule has 0 radical (unpaired) electrons. The molecule has 0 aliphatic heterocycles. The molecule has 5 nitrogen and oxygen atoms in total. The summed E-state index contributed by atoms with van der Waals surface area (Å²) in [6.07, 6.45) is 2.84. The highest BCUT2D eigenvalue weighted by Crippen LogP contribution is 2.32. The van der Waals surface area contributed by atoms with Crippen molar-refractivity contribution in [2.24, 2.45) is 0 Å². The Hall–Kier alpha value is -2.32. The van der Waals surface area contributed by atoms with Crippen molar-refractivity contribution in [1.29, 1.82) is 5.26 Å². The van der Waals surface area contributed by atoms with Gasteiger partial charge in [0.25, 0.3) is 0 Å². The Morgan fingerprint density at radius 2 is 2.00 bits per heavy atom. The average molecular weight is 262 g/mol. The minimum absolute atomic E-state index is 0.132. The molecule has 0 saturated carbocycles. The summed E-state index contributed by atoms with van der Waals surface area (Å²) in [6, 6.07) is 7.13. The topological polar surface area (TPSA) is 68.0 Å². The second kappa shape index (κ2) is 5.34. The van der Waals surface area contributed by atoms with E-state index in [1.807, 2.05) is 6.07 Å². The normalized spacial score (nSPS) is 9.61. The molecule has 0 amide bonds. The first kappa shape index (κ1) is 12.1. The predicted molar refractivity (Wildman–Crippen MR) is 64.8 cm³/mol. The smallest absolute Gasteiger partial charge is 0.322 e. The largest absolute Gasteiger partial charge is 0.492 e. The van der Waals surface area contributed by atoms with E-state index in [0.717, 1.165) is 0 Å². The maximum absolute atomic E-state index is 8.94. The molecular formula is C12H8ClN3O2. The van der Waals surface area contributed by atoms with Crippen LogP contribution in [0.25, 0.3) is 0 Å². The first-order valence-electron chi connectivity index (χ1n) is 4.97. The fraction of sp³-hybridized carbons (Fsp3) is 0.0833. The van der Waals surface area contributed by atoms with Crippen molar-refractivity contribution in [3.8, 4) is 23.6 Å². The highest BCUT2D eigenvalue weighted by atomic mass is 35.5. The second-order valence-electron chi connectivity index (χ2n) is 3.23. The van der Waals surface area contributed by atoms with Crippen molar-refractivity contribution < 1.29 is 9.47 Å². The van der Waals surface area contributed by atoms with Gasteiger partial charge < -0.3 is 9.47 Å². The Labute approximate surface area is 109 Å². The third kappa shape index (κ3) is 2.50. The molecule has 0 aliphatic rings. The first-order chi connectivity index (χ1) is 8.74. The molecule has 1 aromatic heterocycles. The molecule has 0 N–H and O–H groups in total. The van der Waals surface area contributed by atoms with Crippen LogP contribution in [0.4, 0.5) is 0 Å². The quantitative estimate of drug-likeness (QED) is 0.850. The van der Waals surface area contributed by atoms with Gasteiger partial charge in [-0.15, -0.1) is 0 Å². The van der Waals surface area contributed by atoms with E-state index in [1.54, 1.807) is 18.2 Å². The molecule has 90 valence electrons. The Bertz CT molecular complexity index is 593. The summed E-state index contributed by atoms with van der Waals surface area (Å²) in [5.41, 5.74) is 0.379. The number of ether oxygens (including phenoxy) is 2. The van der Waals surface area contributed by atoms with E-state index in [2.05, 4.69) is 9.97 Å². The Morgan fingerprint density at radius 3 is 2.61 bits per heavy atom. The van der Waals surface area contributed by atoms with Gasteiger partial charge in [-0.1, -0.05) is 17.7 Å². The number of para-hydroxylation sites is 1. The zero-order chi connectivity index (χ0) is 13.0. The monoisotopic (exact) mass is 261 g/mol. The predicted octanol–water partition coefficient (Wildman–Crippen LogP) is 2.80. The lowest BCUT2D eigenvalue weighted by molar-refractivity contribution is 0.367. The van der Waals surface area contributed by atoms with E-state index in [9.17, 15) is 0 Å². The third-order valence-corrected chi connectivity index (χ3v) is 2.30.